The molecule has 1 aromatic heterocycles. The van der Waals surface area contributed by atoms with Gasteiger partial charge in [0.05, 0.1) is 6.54 Å². The van der Waals surface area contributed by atoms with E-state index in [4.69, 9.17) is 11.6 Å². The summed E-state index contributed by atoms with van der Waals surface area (Å²) in [6, 6.07) is 13.4. The van der Waals surface area contributed by atoms with E-state index in [1.165, 1.54) is 0 Å². The second-order valence-electron chi connectivity index (χ2n) is 4.94. The number of fused-ring (bicyclic) bond motifs is 1. The zero-order chi connectivity index (χ0) is 14.8. The molecule has 0 saturated carbocycles. The first-order valence-corrected chi connectivity index (χ1v) is 7.13. The monoisotopic (exact) mass is 298 g/mol. The number of ketones is 1. The molecule has 0 aliphatic carbocycles. The van der Waals surface area contributed by atoms with Crippen molar-refractivity contribution in [3.8, 4) is 0 Å². The minimum atomic E-state index is 0.0480. The summed E-state index contributed by atoms with van der Waals surface area (Å²) in [5.74, 6) is 0.0480. The molecule has 0 saturated heterocycles. The van der Waals surface area contributed by atoms with Crippen LogP contribution in [0.3, 0.4) is 0 Å². The SMILES string of the molecule is Cc1c(Cl)cccc1NCC(=O)c1c[nH]c2ccccc12. The Bertz CT molecular complexity index is 807. The van der Waals surface area contributed by atoms with E-state index in [0.717, 1.165) is 22.2 Å². The summed E-state index contributed by atoms with van der Waals surface area (Å²) in [4.78, 5) is 15.5. The molecule has 0 fully saturated rings. The molecule has 0 aliphatic rings. The van der Waals surface area contributed by atoms with Crippen LogP contribution in [-0.4, -0.2) is 17.3 Å². The summed E-state index contributed by atoms with van der Waals surface area (Å²) in [6.07, 6.45) is 1.76. The van der Waals surface area contributed by atoms with E-state index in [0.29, 0.717) is 10.6 Å². The molecule has 2 N–H and O–H groups in total. The minimum Gasteiger partial charge on any atom is -0.377 e. The molecule has 0 bridgehead atoms. The van der Waals surface area contributed by atoms with Gasteiger partial charge in [-0.15, -0.1) is 0 Å². The quantitative estimate of drug-likeness (QED) is 0.700. The van der Waals surface area contributed by atoms with Crippen molar-refractivity contribution in [2.75, 3.05) is 11.9 Å². The number of carbonyl (C=O) groups excluding carboxylic acids is 1. The van der Waals surface area contributed by atoms with Crippen molar-refractivity contribution < 1.29 is 4.79 Å². The van der Waals surface area contributed by atoms with Crippen LogP contribution in [0.2, 0.25) is 5.02 Å². The van der Waals surface area contributed by atoms with Gasteiger partial charge in [-0.3, -0.25) is 4.79 Å². The van der Waals surface area contributed by atoms with Crippen LogP contribution in [0.5, 0.6) is 0 Å². The number of aromatic amines is 1. The first-order valence-electron chi connectivity index (χ1n) is 6.75. The number of H-pyrrole nitrogens is 1. The van der Waals surface area contributed by atoms with Gasteiger partial charge in [0.15, 0.2) is 5.78 Å². The summed E-state index contributed by atoms with van der Waals surface area (Å²) >= 11 is 6.08. The summed E-state index contributed by atoms with van der Waals surface area (Å²) in [7, 11) is 0. The number of rotatable bonds is 4. The lowest BCUT2D eigenvalue weighted by Crippen LogP contribution is -2.14. The Kier molecular flexibility index (Phi) is 3.67. The third-order valence-corrected chi connectivity index (χ3v) is 4.01. The van der Waals surface area contributed by atoms with Gasteiger partial charge in [-0.25, -0.2) is 0 Å². The van der Waals surface area contributed by atoms with Gasteiger partial charge in [-0.05, 0) is 30.7 Å². The molecule has 1 heterocycles. The molecule has 21 heavy (non-hydrogen) atoms. The number of benzene rings is 2. The smallest absolute Gasteiger partial charge is 0.183 e. The van der Waals surface area contributed by atoms with Crippen molar-refractivity contribution in [1.82, 2.24) is 4.98 Å². The van der Waals surface area contributed by atoms with Crippen molar-refractivity contribution in [2.24, 2.45) is 0 Å². The van der Waals surface area contributed by atoms with Gasteiger partial charge in [0, 0.05) is 33.4 Å². The maximum Gasteiger partial charge on any atom is 0.183 e. The van der Waals surface area contributed by atoms with Crippen molar-refractivity contribution in [2.45, 2.75) is 6.92 Å². The molecule has 0 aliphatic heterocycles. The molecule has 2 aromatic carbocycles. The molecular weight excluding hydrogens is 284 g/mol. The maximum atomic E-state index is 12.4. The highest BCUT2D eigenvalue weighted by atomic mass is 35.5. The fourth-order valence-electron chi connectivity index (χ4n) is 2.37. The van der Waals surface area contributed by atoms with Crippen LogP contribution in [0.15, 0.2) is 48.7 Å². The van der Waals surface area contributed by atoms with Crippen molar-refractivity contribution in [3.05, 3.63) is 64.8 Å². The van der Waals surface area contributed by atoms with E-state index in [1.807, 2.05) is 49.4 Å². The number of carbonyl (C=O) groups is 1. The lowest BCUT2D eigenvalue weighted by Gasteiger charge is -2.09. The number of hydrogen-bond acceptors (Lipinski definition) is 2. The highest BCUT2D eigenvalue weighted by molar-refractivity contribution is 6.31. The second kappa shape index (κ2) is 5.62. The summed E-state index contributed by atoms with van der Waals surface area (Å²) < 4.78 is 0. The van der Waals surface area contributed by atoms with Gasteiger partial charge in [-0.1, -0.05) is 35.9 Å². The van der Waals surface area contributed by atoms with E-state index in [-0.39, 0.29) is 12.3 Å². The number of nitrogens with one attached hydrogen (secondary N) is 2. The van der Waals surface area contributed by atoms with Gasteiger partial charge in [0.2, 0.25) is 0 Å². The highest BCUT2D eigenvalue weighted by Gasteiger charge is 2.12. The Labute approximate surface area is 127 Å². The Hall–Kier alpha value is -2.26. The van der Waals surface area contributed by atoms with Crippen LogP contribution < -0.4 is 5.32 Å². The number of Topliss-reactive ketones (excluding diaryl/α,β-unsaturated/α-hetero) is 1. The largest absolute Gasteiger partial charge is 0.377 e. The molecule has 3 rings (SSSR count). The van der Waals surface area contributed by atoms with Crippen molar-refractivity contribution in [3.63, 3.8) is 0 Å². The minimum absolute atomic E-state index is 0.0480. The topological polar surface area (TPSA) is 44.9 Å². The molecule has 0 amide bonds. The number of para-hydroxylation sites is 1. The predicted molar refractivity (Wildman–Crippen MR) is 87.3 cm³/mol. The molecular formula is C17H15ClN2O. The molecule has 0 spiro atoms. The average molecular weight is 299 g/mol. The molecule has 4 heteroatoms. The number of hydrogen-bond donors (Lipinski definition) is 2. The van der Waals surface area contributed by atoms with Crippen LogP contribution in [0.4, 0.5) is 5.69 Å². The molecule has 0 unspecified atom stereocenters. The first kappa shape index (κ1) is 13.7. The summed E-state index contributed by atoms with van der Waals surface area (Å²) in [5, 5.41) is 4.80. The van der Waals surface area contributed by atoms with Crippen LogP contribution in [0, 0.1) is 6.92 Å². The zero-order valence-corrected chi connectivity index (χ0v) is 12.4. The zero-order valence-electron chi connectivity index (χ0n) is 11.6. The van der Waals surface area contributed by atoms with Gasteiger partial charge in [-0.2, -0.15) is 0 Å². The van der Waals surface area contributed by atoms with Gasteiger partial charge in [0.1, 0.15) is 0 Å². The van der Waals surface area contributed by atoms with Gasteiger partial charge in [0.25, 0.3) is 0 Å². The predicted octanol–water partition coefficient (Wildman–Crippen LogP) is 4.42. The van der Waals surface area contributed by atoms with Gasteiger partial charge < -0.3 is 10.3 Å². The molecule has 3 nitrogen and oxygen atoms in total. The fraction of sp³-hybridized carbons (Fsp3) is 0.118. The molecule has 3 aromatic rings. The highest BCUT2D eigenvalue weighted by Crippen LogP contribution is 2.23. The number of halogens is 1. The third-order valence-electron chi connectivity index (χ3n) is 3.60. The van der Waals surface area contributed by atoms with E-state index < -0.39 is 0 Å². The maximum absolute atomic E-state index is 12.4. The summed E-state index contributed by atoms with van der Waals surface area (Å²) in [5.41, 5.74) is 3.51. The van der Waals surface area contributed by atoms with Crippen molar-refractivity contribution >= 4 is 34.0 Å². The van der Waals surface area contributed by atoms with Crippen LogP contribution in [-0.2, 0) is 0 Å². The fourth-order valence-corrected chi connectivity index (χ4v) is 2.55. The average Bonchev–Trinajstić information content (AvgIpc) is 2.92. The second-order valence-corrected chi connectivity index (χ2v) is 5.34. The van der Waals surface area contributed by atoms with Crippen LogP contribution in [0.1, 0.15) is 15.9 Å². The Morgan fingerprint density at radius 1 is 1.19 bits per heavy atom. The van der Waals surface area contributed by atoms with Gasteiger partial charge >= 0.3 is 0 Å². The molecule has 0 atom stereocenters. The van der Waals surface area contributed by atoms with E-state index >= 15 is 0 Å². The Morgan fingerprint density at radius 2 is 2.00 bits per heavy atom. The molecule has 0 radical (unpaired) electrons. The first-order chi connectivity index (χ1) is 10.2. The number of anilines is 1. The van der Waals surface area contributed by atoms with E-state index in [1.54, 1.807) is 6.20 Å². The third kappa shape index (κ3) is 2.65. The normalized spacial score (nSPS) is 10.8. The van der Waals surface area contributed by atoms with Crippen LogP contribution >= 0.6 is 11.6 Å². The Morgan fingerprint density at radius 3 is 2.86 bits per heavy atom. The standard InChI is InChI=1S/C17H15ClN2O/c1-11-14(18)6-4-8-15(11)20-10-17(21)13-9-19-16-7-3-2-5-12(13)16/h2-9,19-20H,10H2,1H3. The van der Waals surface area contributed by atoms with E-state index in [2.05, 4.69) is 10.3 Å². The lowest BCUT2D eigenvalue weighted by molar-refractivity contribution is 0.101. The molecule has 106 valence electrons. The number of aromatic nitrogens is 1. The van der Waals surface area contributed by atoms with E-state index in [9.17, 15) is 4.79 Å². The lowest BCUT2D eigenvalue weighted by atomic mass is 10.1. The van der Waals surface area contributed by atoms with Crippen molar-refractivity contribution in [1.29, 1.82) is 0 Å². The Balaban J connectivity index is 1.79. The summed E-state index contributed by atoms with van der Waals surface area (Å²) in [6.45, 7) is 2.17. The van der Waals surface area contributed by atoms with Crippen LogP contribution in [0.25, 0.3) is 10.9 Å².